The van der Waals surface area contributed by atoms with Gasteiger partial charge in [0.15, 0.2) is 0 Å². The van der Waals surface area contributed by atoms with Gasteiger partial charge in [-0.05, 0) is 25.7 Å². The van der Waals surface area contributed by atoms with E-state index < -0.39 is 10.2 Å². The van der Waals surface area contributed by atoms with Crippen molar-refractivity contribution in [1.82, 2.24) is 9.03 Å². The van der Waals surface area contributed by atoms with E-state index >= 15 is 0 Å². The van der Waals surface area contributed by atoms with Crippen LogP contribution in [0.15, 0.2) is 0 Å². The Labute approximate surface area is 96.2 Å². The molecular formula is C8H17N3O2S2. The zero-order chi connectivity index (χ0) is 11.3. The molecule has 1 saturated heterocycles. The molecule has 0 saturated carbocycles. The second kappa shape index (κ2) is 5.74. The third-order valence-electron chi connectivity index (χ3n) is 2.29. The van der Waals surface area contributed by atoms with E-state index in [1.165, 1.54) is 4.31 Å². The molecule has 0 spiro atoms. The second-order valence-electron chi connectivity index (χ2n) is 3.58. The lowest BCUT2D eigenvalue weighted by Gasteiger charge is -2.15. The molecule has 0 radical (unpaired) electrons. The van der Waals surface area contributed by atoms with Gasteiger partial charge in [-0.15, -0.1) is 0 Å². The SMILES string of the molecule is NC(=S)CCCNS(=O)(=O)N1CCCC1. The first-order valence-corrected chi connectivity index (χ1v) is 6.90. The first-order chi connectivity index (χ1) is 7.02. The molecule has 0 aromatic rings. The van der Waals surface area contributed by atoms with Gasteiger partial charge in [-0.1, -0.05) is 12.2 Å². The summed E-state index contributed by atoms with van der Waals surface area (Å²) in [6.45, 7) is 1.66. The number of thiocarbonyl (C=S) groups is 1. The number of hydrogen-bond acceptors (Lipinski definition) is 3. The standard InChI is InChI=1S/C8H17N3O2S2/c9-8(14)4-3-5-10-15(12,13)11-6-1-2-7-11/h10H,1-7H2,(H2,9,14). The molecule has 0 bridgehead atoms. The van der Waals surface area contributed by atoms with Gasteiger partial charge in [0.05, 0.1) is 4.99 Å². The Bertz CT molecular complexity index is 310. The number of nitrogens with two attached hydrogens (primary N) is 1. The maximum absolute atomic E-state index is 11.6. The summed E-state index contributed by atoms with van der Waals surface area (Å²) in [4.78, 5) is 0.426. The van der Waals surface area contributed by atoms with Crippen LogP contribution in [0.3, 0.4) is 0 Å². The molecule has 1 rings (SSSR count). The molecule has 7 heteroatoms. The van der Waals surface area contributed by atoms with Crippen LogP contribution in [0.1, 0.15) is 25.7 Å². The molecular weight excluding hydrogens is 234 g/mol. The fraction of sp³-hybridized carbons (Fsp3) is 0.875. The van der Waals surface area contributed by atoms with Gasteiger partial charge in [-0.2, -0.15) is 12.7 Å². The lowest BCUT2D eigenvalue weighted by molar-refractivity contribution is 0.464. The Morgan fingerprint density at radius 3 is 2.53 bits per heavy atom. The number of hydrogen-bond donors (Lipinski definition) is 2. The molecule has 1 heterocycles. The van der Waals surface area contributed by atoms with Crippen molar-refractivity contribution in [3.05, 3.63) is 0 Å². The molecule has 5 nitrogen and oxygen atoms in total. The van der Waals surface area contributed by atoms with Gasteiger partial charge in [-0.3, -0.25) is 0 Å². The van der Waals surface area contributed by atoms with Crippen molar-refractivity contribution in [2.24, 2.45) is 5.73 Å². The van der Waals surface area contributed by atoms with E-state index in [1.54, 1.807) is 0 Å². The third-order valence-corrected chi connectivity index (χ3v) is 4.11. The summed E-state index contributed by atoms with van der Waals surface area (Å²) in [5.41, 5.74) is 5.31. The third kappa shape index (κ3) is 4.42. The number of nitrogens with zero attached hydrogens (tertiary/aromatic N) is 1. The molecule has 0 atom stereocenters. The Hall–Kier alpha value is -0.240. The Morgan fingerprint density at radius 1 is 1.40 bits per heavy atom. The van der Waals surface area contributed by atoms with Crippen LogP contribution in [-0.4, -0.2) is 37.3 Å². The minimum Gasteiger partial charge on any atom is -0.393 e. The van der Waals surface area contributed by atoms with Crippen LogP contribution in [0.2, 0.25) is 0 Å². The van der Waals surface area contributed by atoms with E-state index in [9.17, 15) is 8.42 Å². The molecule has 0 aromatic heterocycles. The van der Waals surface area contributed by atoms with Gasteiger partial charge >= 0.3 is 0 Å². The van der Waals surface area contributed by atoms with Crippen LogP contribution in [0, 0.1) is 0 Å². The largest absolute Gasteiger partial charge is 0.393 e. The van der Waals surface area contributed by atoms with Crippen LogP contribution in [0.4, 0.5) is 0 Å². The maximum Gasteiger partial charge on any atom is 0.279 e. The summed E-state index contributed by atoms with van der Waals surface area (Å²) >= 11 is 4.70. The quantitative estimate of drug-likeness (QED) is 0.514. The van der Waals surface area contributed by atoms with Crippen molar-refractivity contribution >= 4 is 27.4 Å². The maximum atomic E-state index is 11.6. The highest BCUT2D eigenvalue weighted by Gasteiger charge is 2.24. The van der Waals surface area contributed by atoms with Crippen molar-refractivity contribution in [2.45, 2.75) is 25.7 Å². The molecule has 88 valence electrons. The average Bonchev–Trinajstić information content (AvgIpc) is 2.65. The lowest BCUT2D eigenvalue weighted by Crippen LogP contribution is -2.39. The molecule has 1 fully saturated rings. The van der Waals surface area contributed by atoms with Crippen molar-refractivity contribution < 1.29 is 8.42 Å². The summed E-state index contributed by atoms with van der Waals surface area (Å²) in [7, 11) is -3.26. The predicted octanol–water partition coefficient (Wildman–Crippen LogP) is -0.0171. The predicted molar refractivity (Wildman–Crippen MR) is 63.7 cm³/mol. The molecule has 0 aliphatic carbocycles. The van der Waals surface area contributed by atoms with Gasteiger partial charge in [0.2, 0.25) is 0 Å². The lowest BCUT2D eigenvalue weighted by atomic mass is 10.3. The number of nitrogens with one attached hydrogen (secondary N) is 1. The zero-order valence-corrected chi connectivity index (χ0v) is 10.2. The van der Waals surface area contributed by atoms with E-state index in [0.29, 0.717) is 37.5 Å². The molecule has 1 aliphatic rings. The monoisotopic (exact) mass is 251 g/mol. The number of rotatable bonds is 6. The normalized spacial score (nSPS) is 18.1. The molecule has 0 unspecified atom stereocenters. The fourth-order valence-electron chi connectivity index (χ4n) is 1.48. The molecule has 15 heavy (non-hydrogen) atoms. The second-order valence-corrected chi connectivity index (χ2v) is 5.85. The van der Waals surface area contributed by atoms with Crippen LogP contribution in [0.25, 0.3) is 0 Å². The summed E-state index contributed by atoms with van der Waals surface area (Å²) in [5.74, 6) is 0. The Morgan fingerprint density at radius 2 is 2.00 bits per heavy atom. The summed E-state index contributed by atoms with van der Waals surface area (Å²) in [6.07, 6.45) is 3.14. The first kappa shape index (κ1) is 12.8. The van der Waals surface area contributed by atoms with Crippen molar-refractivity contribution in [3.8, 4) is 0 Å². The van der Waals surface area contributed by atoms with Gasteiger partial charge < -0.3 is 5.73 Å². The molecule has 0 aromatic carbocycles. The van der Waals surface area contributed by atoms with Crippen LogP contribution >= 0.6 is 12.2 Å². The van der Waals surface area contributed by atoms with Gasteiger partial charge in [0.1, 0.15) is 0 Å². The van der Waals surface area contributed by atoms with Gasteiger partial charge in [0.25, 0.3) is 10.2 Å². The highest BCUT2D eigenvalue weighted by Crippen LogP contribution is 2.10. The smallest absolute Gasteiger partial charge is 0.279 e. The minimum absolute atomic E-state index is 0.399. The molecule has 1 aliphatic heterocycles. The topological polar surface area (TPSA) is 75.4 Å². The molecule has 0 amide bonds. The summed E-state index contributed by atoms with van der Waals surface area (Å²) < 4.78 is 27.3. The highest BCUT2D eigenvalue weighted by atomic mass is 32.2. The summed E-state index contributed by atoms with van der Waals surface area (Å²) in [5, 5.41) is 0. The minimum atomic E-state index is -3.26. The van der Waals surface area contributed by atoms with E-state index in [1.807, 2.05) is 0 Å². The van der Waals surface area contributed by atoms with Gasteiger partial charge in [0, 0.05) is 19.6 Å². The fourth-order valence-corrected chi connectivity index (χ4v) is 2.95. The Kier molecular flexibility index (Phi) is 4.91. The van der Waals surface area contributed by atoms with E-state index in [2.05, 4.69) is 4.72 Å². The van der Waals surface area contributed by atoms with E-state index in [0.717, 1.165) is 12.8 Å². The van der Waals surface area contributed by atoms with Gasteiger partial charge in [-0.25, -0.2) is 4.72 Å². The van der Waals surface area contributed by atoms with Crippen molar-refractivity contribution in [3.63, 3.8) is 0 Å². The van der Waals surface area contributed by atoms with Crippen LogP contribution in [0.5, 0.6) is 0 Å². The van der Waals surface area contributed by atoms with Crippen molar-refractivity contribution in [1.29, 1.82) is 0 Å². The van der Waals surface area contributed by atoms with Crippen molar-refractivity contribution in [2.75, 3.05) is 19.6 Å². The first-order valence-electron chi connectivity index (χ1n) is 5.05. The highest BCUT2D eigenvalue weighted by molar-refractivity contribution is 7.87. The van der Waals surface area contributed by atoms with Crippen LogP contribution in [-0.2, 0) is 10.2 Å². The van der Waals surface area contributed by atoms with E-state index in [-0.39, 0.29) is 0 Å². The zero-order valence-electron chi connectivity index (χ0n) is 8.61. The van der Waals surface area contributed by atoms with E-state index in [4.69, 9.17) is 18.0 Å². The Balaban J connectivity index is 2.27. The van der Waals surface area contributed by atoms with Crippen LogP contribution < -0.4 is 10.5 Å². The average molecular weight is 251 g/mol. The summed E-state index contributed by atoms with van der Waals surface area (Å²) in [6, 6.07) is 0. The molecule has 3 N–H and O–H groups in total.